The van der Waals surface area contributed by atoms with Crippen LogP contribution in [0.4, 0.5) is 11.4 Å². The van der Waals surface area contributed by atoms with E-state index in [4.69, 9.17) is 4.74 Å². The standard InChI is InChI=1S/C22H27N3O4/c1-2-29-21(26)22(18-8-4-3-5-9-18)12-15-24(16-13-22)17-14-23-19-10-6-7-11-20(19)25(27)28/h3-11,23H,2,12-17H2,1H3. The molecule has 1 N–H and O–H groups in total. The van der Waals surface area contributed by atoms with Crippen LogP contribution in [0, 0.1) is 10.1 Å². The number of hydrogen-bond acceptors (Lipinski definition) is 6. The SMILES string of the molecule is CCOC(=O)C1(c2ccccc2)CCN(CCNc2ccccc2[N+](=O)[O-])CC1. The van der Waals surface area contributed by atoms with Crippen LogP contribution in [0.5, 0.6) is 0 Å². The van der Waals surface area contributed by atoms with Gasteiger partial charge in [0.25, 0.3) is 5.69 Å². The van der Waals surface area contributed by atoms with Gasteiger partial charge in [-0.1, -0.05) is 42.5 Å². The minimum Gasteiger partial charge on any atom is -0.465 e. The molecule has 0 saturated carbocycles. The lowest BCUT2D eigenvalue weighted by Crippen LogP contribution is -2.49. The number of carbonyl (C=O) groups is 1. The highest BCUT2D eigenvalue weighted by Gasteiger charge is 2.44. The van der Waals surface area contributed by atoms with Crippen LogP contribution in [0.2, 0.25) is 0 Å². The number of nitro benzene ring substituents is 1. The van der Waals surface area contributed by atoms with Crippen LogP contribution >= 0.6 is 0 Å². The first-order valence-electron chi connectivity index (χ1n) is 9.99. The van der Waals surface area contributed by atoms with Crippen LogP contribution in [0.1, 0.15) is 25.3 Å². The van der Waals surface area contributed by atoms with Gasteiger partial charge in [-0.3, -0.25) is 14.9 Å². The Hall–Kier alpha value is -2.93. The predicted octanol–water partition coefficient (Wildman–Crippen LogP) is 3.60. The number of nitrogens with one attached hydrogen (secondary N) is 1. The fourth-order valence-corrected chi connectivity index (χ4v) is 3.93. The van der Waals surface area contributed by atoms with Crippen LogP contribution in [0.3, 0.4) is 0 Å². The molecule has 154 valence electrons. The molecule has 0 spiro atoms. The van der Waals surface area contributed by atoms with Crippen molar-refractivity contribution >= 4 is 17.3 Å². The highest BCUT2D eigenvalue weighted by atomic mass is 16.6. The van der Waals surface area contributed by atoms with Crippen LogP contribution in [0.15, 0.2) is 54.6 Å². The van der Waals surface area contributed by atoms with Gasteiger partial charge in [0.2, 0.25) is 0 Å². The molecule has 0 radical (unpaired) electrons. The first-order valence-corrected chi connectivity index (χ1v) is 9.99. The van der Waals surface area contributed by atoms with E-state index >= 15 is 0 Å². The summed E-state index contributed by atoms with van der Waals surface area (Å²) in [5.74, 6) is -0.149. The van der Waals surface area contributed by atoms with Gasteiger partial charge in [0.15, 0.2) is 0 Å². The number of nitrogens with zero attached hydrogens (tertiary/aromatic N) is 2. The van der Waals surface area contributed by atoms with Gasteiger partial charge < -0.3 is 15.0 Å². The monoisotopic (exact) mass is 397 g/mol. The number of hydrogen-bond donors (Lipinski definition) is 1. The van der Waals surface area contributed by atoms with E-state index < -0.39 is 5.41 Å². The maximum Gasteiger partial charge on any atom is 0.316 e. The molecule has 29 heavy (non-hydrogen) atoms. The topological polar surface area (TPSA) is 84.7 Å². The van der Waals surface area contributed by atoms with Gasteiger partial charge in [-0.05, 0) is 44.5 Å². The van der Waals surface area contributed by atoms with E-state index in [-0.39, 0.29) is 16.6 Å². The van der Waals surface area contributed by atoms with E-state index in [1.807, 2.05) is 37.3 Å². The molecule has 1 fully saturated rings. The third-order valence-electron chi connectivity index (χ3n) is 5.55. The number of benzene rings is 2. The molecule has 1 aliphatic heterocycles. The summed E-state index contributed by atoms with van der Waals surface area (Å²) in [6, 6.07) is 16.5. The number of carbonyl (C=O) groups excluding carboxylic acids is 1. The van der Waals surface area contributed by atoms with Gasteiger partial charge in [0.1, 0.15) is 5.69 Å². The number of nitro groups is 1. The molecule has 0 aliphatic carbocycles. The summed E-state index contributed by atoms with van der Waals surface area (Å²) in [7, 11) is 0. The molecular formula is C22H27N3O4. The third-order valence-corrected chi connectivity index (χ3v) is 5.55. The normalized spacial score (nSPS) is 16.2. The molecule has 7 nitrogen and oxygen atoms in total. The number of likely N-dealkylation sites (tertiary alicyclic amines) is 1. The predicted molar refractivity (Wildman–Crippen MR) is 112 cm³/mol. The van der Waals surface area contributed by atoms with Crippen molar-refractivity contribution in [2.45, 2.75) is 25.2 Å². The van der Waals surface area contributed by atoms with Crippen molar-refractivity contribution in [1.29, 1.82) is 0 Å². The number of para-hydroxylation sites is 2. The van der Waals surface area contributed by atoms with Crippen molar-refractivity contribution < 1.29 is 14.5 Å². The molecule has 0 aromatic heterocycles. The molecule has 1 heterocycles. The molecule has 3 rings (SSSR count). The minimum absolute atomic E-state index is 0.0801. The Kier molecular flexibility index (Phi) is 6.82. The molecule has 0 bridgehead atoms. The molecular weight excluding hydrogens is 370 g/mol. The van der Waals surface area contributed by atoms with E-state index in [9.17, 15) is 14.9 Å². The molecule has 0 atom stereocenters. The lowest BCUT2D eigenvalue weighted by atomic mass is 9.72. The van der Waals surface area contributed by atoms with Gasteiger partial charge in [0.05, 0.1) is 16.9 Å². The van der Waals surface area contributed by atoms with Gasteiger partial charge in [0, 0.05) is 19.2 Å². The fourth-order valence-electron chi connectivity index (χ4n) is 3.93. The highest BCUT2D eigenvalue weighted by Crippen LogP contribution is 2.37. The third kappa shape index (κ3) is 4.74. The van der Waals surface area contributed by atoms with Crippen molar-refractivity contribution in [2.75, 3.05) is 38.1 Å². The number of piperidine rings is 1. The van der Waals surface area contributed by atoms with E-state index in [1.165, 1.54) is 6.07 Å². The molecule has 1 saturated heterocycles. The second-order valence-corrected chi connectivity index (χ2v) is 7.21. The van der Waals surface area contributed by atoms with Crippen molar-refractivity contribution in [3.63, 3.8) is 0 Å². The fraction of sp³-hybridized carbons (Fsp3) is 0.409. The Morgan fingerprint density at radius 3 is 2.45 bits per heavy atom. The summed E-state index contributed by atoms with van der Waals surface area (Å²) in [6.45, 7) is 5.10. The summed E-state index contributed by atoms with van der Waals surface area (Å²) in [6.07, 6.45) is 1.39. The zero-order valence-corrected chi connectivity index (χ0v) is 16.7. The Bertz CT molecular complexity index is 833. The van der Waals surface area contributed by atoms with Gasteiger partial charge in [-0.15, -0.1) is 0 Å². The van der Waals surface area contributed by atoms with Crippen LogP contribution in [-0.2, 0) is 14.9 Å². The largest absolute Gasteiger partial charge is 0.465 e. The summed E-state index contributed by atoms with van der Waals surface area (Å²) < 4.78 is 5.42. The Morgan fingerprint density at radius 2 is 1.79 bits per heavy atom. The average Bonchev–Trinajstić information content (AvgIpc) is 2.75. The maximum atomic E-state index is 12.8. The smallest absolute Gasteiger partial charge is 0.316 e. The summed E-state index contributed by atoms with van der Waals surface area (Å²) in [5.41, 5.74) is 1.02. The van der Waals surface area contributed by atoms with Crippen LogP contribution in [-0.4, -0.2) is 48.6 Å². The Balaban J connectivity index is 1.60. The second-order valence-electron chi connectivity index (χ2n) is 7.21. The lowest BCUT2D eigenvalue weighted by Gasteiger charge is -2.40. The summed E-state index contributed by atoms with van der Waals surface area (Å²) in [5, 5.41) is 14.3. The Labute approximate surface area is 170 Å². The number of ether oxygens (including phenoxy) is 1. The first kappa shape index (κ1) is 20.8. The van der Waals surface area contributed by atoms with E-state index in [0.717, 1.165) is 25.2 Å². The van der Waals surface area contributed by atoms with Crippen molar-refractivity contribution in [3.8, 4) is 0 Å². The van der Waals surface area contributed by atoms with Crippen molar-refractivity contribution in [3.05, 3.63) is 70.3 Å². The molecule has 0 amide bonds. The lowest BCUT2D eigenvalue weighted by molar-refractivity contribution is -0.384. The van der Waals surface area contributed by atoms with Gasteiger partial charge in [-0.2, -0.15) is 0 Å². The minimum atomic E-state index is -0.598. The van der Waals surface area contributed by atoms with E-state index in [1.54, 1.807) is 18.2 Å². The molecule has 2 aromatic rings. The highest BCUT2D eigenvalue weighted by molar-refractivity contribution is 5.83. The number of rotatable bonds is 8. The molecule has 2 aromatic carbocycles. The summed E-state index contributed by atoms with van der Waals surface area (Å²) >= 11 is 0. The Morgan fingerprint density at radius 1 is 1.14 bits per heavy atom. The van der Waals surface area contributed by atoms with Gasteiger partial charge in [-0.25, -0.2) is 0 Å². The van der Waals surface area contributed by atoms with Crippen LogP contribution < -0.4 is 5.32 Å². The summed E-state index contributed by atoms with van der Waals surface area (Å²) in [4.78, 5) is 25.8. The van der Waals surface area contributed by atoms with Crippen LogP contribution in [0.25, 0.3) is 0 Å². The van der Waals surface area contributed by atoms with Gasteiger partial charge >= 0.3 is 5.97 Å². The van der Waals surface area contributed by atoms with Crippen molar-refractivity contribution in [1.82, 2.24) is 4.90 Å². The van der Waals surface area contributed by atoms with E-state index in [0.29, 0.717) is 31.7 Å². The number of esters is 1. The van der Waals surface area contributed by atoms with Crippen molar-refractivity contribution in [2.24, 2.45) is 0 Å². The first-order chi connectivity index (χ1) is 14.1. The molecule has 1 aliphatic rings. The zero-order chi connectivity index (χ0) is 20.7. The maximum absolute atomic E-state index is 12.8. The number of anilines is 1. The van der Waals surface area contributed by atoms with E-state index in [2.05, 4.69) is 10.2 Å². The molecule has 0 unspecified atom stereocenters. The second kappa shape index (κ2) is 9.52. The average molecular weight is 397 g/mol. The quantitative estimate of drug-likeness (QED) is 0.416. The molecule has 7 heteroatoms. The zero-order valence-electron chi connectivity index (χ0n) is 16.7.